The van der Waals surface area contributed by atoms with E-state index in [1.165, 1.54) is 12.1 Å². The van der Waals surface area contributed by atoms with Crippen LogP contribution < -0.4 is 4.74 Å². The lowest BCUT2D eigenvalue weighted by atomic mass is 10.2. The molecule has 106 valence electrons. The smallest absolute Gasteiger partial charge is 0.335 e. The molecule has 0 saturated heterocycles. The molecule has 0 spiro atoms. The maximum Gasteiger partial charge on any atom is 0.335 e. The summed E-state index contributed by atoms with van der Waals surface area (Å²) in [5.74, 6) is -0.331. The molecule has 1 heterocycles. The average Bonchev–Trinajstić information content (AvgIpc) is 2.82. The topological polar surface area (TPSA) is 46.5 Å². The second-order valence-corrected chi connectivity index (χ2v) is 5.97. The highest BCUT2D eigenvalue weighted by atomic mass is 35.5. The van der Waals surface area contributed by atoms with E-state index in [9.17, 15) is 4.79 Å². The molecule has 2 aromatic carbocycles. The first-order valence-electron chi connectivity index (χ1n) is 6.27. The van der Waals surface area contributed by atoms with Crippen LogP contribution in [0.15, 0.2) is 48.5 Å². The van der Waals surface area contributed by atoms with Crippen LogP contribution in [0.3, 0.4) is 0 Å². The largest absolute Gasteiger partial charge is 0.488 e. The zero-order valence-electron chi connectivity index (χ0n) is 10.9. The number of hydrogen-bond acceptors (Lipinski definition) is 3. The first-order chi connectivity index (χ1) is 10.1. The Kier molecular flexibility index (Phi) is 3.82. The van der Waals surface area contributed by atoms with Crippen molar-refractivity contribution in [1.29, 1.82) is 0 Å². The zero-order chi connectivity index (χ0) is 14.8. The van der Waals surface area contributed by atoms with E-state index in [1.54, 1.807) is 23.5 Å². The standard InChI is InChI=1S/C16H11ClO3S/c17-15-12-3-1-2-4-13(12)21-14(15)9-20-11-7-5-10(6-8-11)16(18)19/h1-8H,9H2,(H,18,19). The minimum absolute atomic E-state index is 0.238. The summed E-state index contributed by atoms with van der Waals surface area (Å²) in [6.45, 7) is 0.366. The number of rotatable bonds is 4. The maximum atomic E-state index is 10.8. The number of halogens is 1. The van der Waals surface area contributed by atoms with Crippen LogP contribution in [0.2, 0.25) is 5.02 Å². The Labute approximate surface area is 130 Å². The Morgan fingerprint density at radius 2 is 1.86 bits per heavy atom. The average molecular weight is 319 g/mol. The van der Waals surface area contributed by atoms with Crippen molar-refractivity contribution in [2.45, 2.75) is 6.61 Å². The van der Waals surface area contributed by atoms with E-state index in [0.29, 0.717) is 12.4 Å². The summed E-state index contributed by atoms with van der Waals surface area (Å²) < 4.78 is 6.80. The molecule has 3 aromatic rings. The van der Waals surface area contributed by atoms with Crippen LogP contribution >= 0.6 is 22.9 Å². The van der Waals surface area contributed by atoms with Gasteiger partial charge < -0.3 is 9.84 Å². The minimum atomic E-state index is -0.950. The lowest BCUT2D eigenvalue weighted by Gasteiger charge is -2.05. The van der Waals surface area contributed by atoms with E-state index in [0.717, 1.165) is 20.0 Å². The monoisotopic (exact) mass is 318 g/mol. The van der Waals surface area contributed by atoms with Crippen molar-refractivity contribution >= 4 is 39.0 Å². The van der Waals surface area contributed by atoms with Gasteiger partial charge in [0.15, 0.2) is 0 Å². The molecule has 5 heteroatoms. The van der Waals surface area contributed by atoms with Gasteiger partial charge in [0.05, 0.1) is 15.5 Å². The third-order valence-corrected chi connectivity index (χ3v) is 4.76. The minimum Gasteiger partial charge on any atom is -0.488 e. The second kappa shape index (κ2) is 5.76. The van der Waals surface area contributed by atoms with Gasteiger partial charge >= 0.3 is 5.97 Å². The molecule has 0 aliphatic carbocycles. The number of hydrogen-bond donors (Lipinski definition) is 1. The molecule has 1 aromatic heterocycles. The van der Waals surface area contributed by atoms with Crippen LogP contribution in [0, 0.1) is 0 Å². The van der Waals surface area contributed by atoms with Gasteiger partial charge in [0.1, 0.15) is 12.4 Å². The van der Waals surface area contributed by atoms with Gasteiger partial charge in [0.25, 0.3) is 0 Å². The quantitative estimate of drug-likeness (QED) is 0.749. The van der Waals surface area contributed by atoms with Crippen molar-refractivity contribution in [3.05, 3.63) is 64.0 Å². The first kappa shape index (κ1) is 13.9. The number of benzene rings is 2. The van der Waals surface area contributed by atoms with E-state index >= 15 is 0 Å². The molecule has 0 saturated carbocycles. The Morgan fingerprint density at radius 1 is 1.14 bits per heavy atom. The Morgan fingerprint density at radius 3 is 2.52 bits per heavy atom. The number of fused-ring (bicyclic) bond motifs is 1. The summed E-state index contributed by atoms with van der Waals surface area (Å²) in [5, 5.41) is 10.6. The van der Waals surface area contributed by atoms with Crippen LogP contribution in [0.5, 0.6) is 5.75 Å². The highest BCUT2D eigenvalue weighted by molar-refractivity contribution is 7.19. The molecule has 0 amide bonds. The predicted octanol–water partition coefficient (Wildman–Crippen LogP) is 4.83. The number of thiophene rings is 1. The SMILES string of the molecule is O=C(O)c1ccc(OCc2sc3ccccc3c2Cl)cc1. The maximum absolute atomic E-state index is 10.8. The molecule has 0 fully saturated rings. The van der Waals surface area contributed by atoms with Gasteiger partial charge in [-0.15, -0.1) is 11.3 Å². The highest BCUT2D eigenvalue weighted by Gasteiger charge is 2.10. The molecule has 0 aliphatic rings. The van der Waals surface area contributed by atoms with Crippen molar-refractivity contribution in [2.24, 2.45) is 0 Å². The highest BCUT2D eigenvalue weighted by Crippen LogP contribution is 2.35. The molecule has 0 unspecified atom stereocenters. The summed E-state index contributed by atoms with van der Waals surface area (Å²) in [4.78, 5) is 11.7. The molecule has 0 aliphatic heterocycles. The molecule has 0 radical (unpaired) electrons. The van der Waals surface area contributed by atoms with Crippen molar-refractivity contribution in [2.75, 3.05) is 0 Å². The van der Waals surface area contributed by atoms with Gasteiger partial charge in [-0.2, -0.15) is 0 Å². The fourth-order valence-electron chi connectivity index (χ4n) is 2.00. The van der Waals surface area contributed by atoms with Crippen molar-refractivity contribution < 1.29 is 14.6 Å². The van der Waals surface area contributed by atoms with E-state index in [1.807, 2.05) is 24.3 Å². The van der Waals surface area contributed by atoms with E-state index < -0.39 is 5.97 Å². The van der Waals surface area contributed by atoms with Crippen LogP contribution in [-0.4, -0.2) is 11.1 Å². The molecule has 3 rings (SSSR count). The predicted molar refractivity (Wildman–Crippen MR) is 84.6 cm³/mol. The number of ether oxygens (including phenoxy) is 1. The zero-order valence-corrected chi connectivity index (χ0v) is 12.4. The lowest BCUT2D eigenvalue weighted by molar-refractivity contribution is 0.0697. The van der Waals surface area contributed by atoms with Gasteiger partial charge in [-0.25, -0.2) is 4.79 Å². The van der Waals surface area contributed by atoms with E-state index in [-0.39, 0.29) is 5.56 Å². The van der Waals surface area contributed by atoms with Crippen LogP contribution in [0.25, 0.3) is 10.1 Å². The van der Waals surface area contributed by atoms with Crippen LogP contribution in [-0.2, 0) is 6.61 Å². The van der Waals surface area contributed by atoms with Crippen LogP contribution in [0.1, 0.15) is 15.2 Å². The van der Waals surface area contributed by atoms with Gasteiger partial charge in [-0.3, -0.25) is 0 Å². The summed E-state index contributed by atoms with van der Waals surface area (Å²) in [7, 11) is 0. The number of carboxylic acid groups (broad SMARTS) is 1. The molecule has 0 bridgehead atoms. The van der Waals surface area contributed by atoms with Crippen molar-refractivity contribution in [1.82, 2.24) is 0 Å². The molecule has 1 N–H and O–H groups in total. The van der Waals surface area contributed by atoms with E-state index in [2.05, 4.69) is 0 Å². The molecule has 0 atom stereocenters. The van der Waals surface area contributed by atoms with E-state index in [4.69, 9.17) is 21.4 Å². The van der Waals surface area contributed by atoms with Gasteiger partial charge in [0, 0.05) is 10.1 Å². The summed E-state index contributed by atoms with van der Waals surface area (Å²) in [6.07, 6.45) is 0. The summed E-state index contributed by atoms with van der Waals surface area (Å²) in [5.41, 5.74) is 0.238. The third kappa shape index (κ3) is 2.86. The van der Waals surface area contributed by atoms with Gasteiger partial charge in [0.2, 0.25) is 0 Å². The van der Waals surface area contributed by atoms with Crippen molar-refractivity contribution in [3.63, 3.8) is 0 Å². The summed E-state index contributed by atoms with van der Waals surface area (Å²) >= 11 is 7.94. The number of carboxylic acids is 1. The number of aromatic carboxylic acids is 1. The van der Waals surface area contributed by atoms with Crippen molar-refractivity contribution in [3.8, 4) is 5.75 Å². The summed E-state index contributed by atoms with van der Waals surface area (Å²) in [6, 6.07) is 14.3. The molecule has 21 heavy (non-hydrogen) atoms. The Hall–Kier alpha value is -2.04. The number of carbonyl (C=O) groups is 1. The normalized spacial score (nSPS) is 10.7. The third-order valence-electron chi connectivity index (χ3n) is 3.07. The first-order valence-corrected chi connectivity index (χ1v) is 7.46. The fraction of sp³-hybridized carbons (Fsp3) is 0.0625. The van der Waals surface area contributed by atoms with Gasteiger partial charge in [-0.1, -0.05) is 29.8 Å². The Balaban J connectivity index is 1.77. The van der Waals surface area contributed by atoms with Crippen LogP contribution in [0.4, 0.5) is 0 Å². The molecular weight excluding hydrogens is 308 g/mol. The fourth-order valence-corrected chi connectivity index (χ4v) is 3.40. The Bertz CT molecular complexity index is 793. The molecular formula is C16H11ClO3S. The van der Waals surface area contributed by atoms with Gasteiger partial charge in [-0.05, 0) is 30.3 Å². The second-order valence-electron chi connectivity index (χ2n) is 4.45. The molecule has 3 nitrogen and oxygen atoms in total. The lowest BCUT2D eigenvalue weighted by Crippen LogP contribution is -1.97.